The van der Waals surface area contributed by atoms with Crippen molar-refractivity contribution >= 4 is 22.2 Å². The van der Waals surface area contributed by atoms with Crippen molar-refractivity contribution in [3.63, 3.8) is 0 Å². The Balaban J connectivity index is 1.77. The second kappa shape index (κ2) is 5.84. The molecule has 0 aliphatic heterocycles. The van der Waals surface area contributed by atoms with Gasteiger partial charge in [-0.3, -0.25) is 4.98 Å². The first kappa shape index (κ1) is 12.8. The minimum absolute atomic E-state index is 0.884. The number of pyridine rings is 1. The van der Waals surface area contributed by atoms with Gasteiger partial charge in [0.1, 0.15) is 5.69 Å². The molecule has 2 heterocycles. The van der Waals surface area contributed by atoms with E-state index < -0.39 is 0 Å². The Morgan fingerprint density at radius 2 is 1.90 bits per heavy atom. The van der Waals surface area contributed by atoms with E-state index in [1.165, 1.54) is 5.56 Å². The molecule has 0 unspecified atom stereocenters. The van der Waals surface area contributed by atoms with E-state index in [1.54, 1.807) is 17.5 Å². The summed E-state index contributed by atoms with van der Waals surface area (Å²) >= 11 is 1.59. The van der Waals surface area contributed by atoms with Crippen LogP contribution in [0.5, 0.6) is 0 Å². The SMILES string of the molecule is CCc1ccc(Nc2nc(-c3ccccn3)cs2)cc1. The first-order chi connectivity index (χ1) is 9.85. The molecule has 1 aromatic carbocycles. The first-order valence-corrected chi connectivity index (χ1v) is 7.46. The number of nitrogens with one attached hydrogen (secondary N) is 1. The molecule has 0 saturated carbocycles. The normalized spacial score (nSPS) is 10.4. The van der Waals surface area contributed by atoms with Crippen molar-refractivity contribution < 1.29 is 0 Å². The lowest BCUT2D eigenvalue weighted by Gasteiger charge is -2.03. The highest BCUT2D eigenvalue weighted by Gasteiger charge is 2.05. The largest absolute Gasteiger partial charge is 0.332 e. The molecule has 100 valence electrons. The maximum atomic E-state index is 4.56. The molecule has 0 amide bonds. The third-order valence-corrected chi connectivity index (χ3v) is 3.80. The van der Waals surface area contributed by atoms with E-state index in [9.17, 15) is 0 Å². The summed E-state index contributed by atoms with van der Waals surface area (Å²) < 4.78 is 0. The van der Waals surface area contributed by atoms with Gasteiger partial charge in [0.15, 0.2) is 5.13 Å². The first-order valence-electron chi connectivity index (χ1n) is 6.58. The van der Waals surface area contributed by atoms with Crippen molar-refractivity contribution in [3.8, 4) is 11.4 Å². The van der Waals surface area contributed by atoms with E-state index in [2.05, 4.69) is 46.5 Å². The Morgan fingerprint density at radius 1 is 1.05 bits per heavy atom. The van der Waals surface area contributed by atoms with Crippen molar-refractivity contribution in [1.82, 2.24) is 9.97 Å². The highest BCUT2D eigenvalue weighted by molar-refractivity contribution is 7.14. The van der Waals surface area contributed by atoms with Gasteiger partial charge in [0.2, 0.25) is 0 Å². The van der Waals surface area contributed by atoms with Gasteiger partial charge < -0.3 is 5.32 Å². The molecule has 3 aromatic rings. The van der Waals surface area contributed by atoms with Crippen LogP contribution < -0.4 is 5.32 Å². The van der Waals surface area contributed by atoms with Crippen molar-refractivity contribution in [2.75, 3.05) is 5.32 Å². The van der Waals surface area contributed by atoms with Gasteiger partial charge in [-0.05, 0) is 36.2 Å². The second-order valence-electron chi connectivity index (χ2n) is 4.43. The molecule has 0 radical (unpaired) electrons. The number of hydrogen-bond donors (Lipinski definition) is 1. The van der Waals surface area contributed by atoms with Crippen LogP contribution in [0.25, 0.3) is 11.4 Å². The molecule has 0 aliphatic rings. The molecule has 3 nitrogen and oxygen atoms in total. The summed E-state index contributed by atoms with van der Waals surface area (Å²) in [7, 11) is 0. The summed E-state index contributed by atoms with van der Waals surface area (Å²) in [5.41, 5.74) is 4.20. The van der Waals surface area contributed by atoms with Gasteiger partial charge in [0, 0.05) is 17.3 Å². The Hall–Kier alpha value is -2.20. The molecule has 0 fully saturated rings. The Bertz CT molecular complexity index is 674. The average Bonchev–Trinajstić information content (AvgIpc) is 2.97. The minimum Gasteiger partial charge on any atom is -0.332 e. The fourth-order valence-electron chi connectivity index (χ4n) is 1.91. The number of aryl methyl sites for hydroxylation is 1. The van der Waals surface area contributed by atoms with Crippen LogP contribution in [0.4, 0.5) is 10.8 Å². The molecule has 3 rings (SSSR count). The third kappa shape index (κ3) is 2.86. The smallest absolute Gasteiger partial charge is 0.187 e. The number of thiazole rings is 1. The van der Waals surface area contributed by atoms with Crippen molar-refractivity contribution in [3.05, 3.63) is 59.6 Å². The van der Waals surface area contributed by atoms with Crippen LogP contribution in [-0.2, 0) is 6.42 Å². The van der Waals surface area contributed by atoms with Gasteiger partial charge in [0.25, 0.3) is 0 Å². The molecule has 0 bridgehead atoms. The van der Waals surface area contributed by atoms with Crippen molar-refractivity contribution in [2.24, 2.45) is 0 Å². The van der Waals surface area contributed by atoms with Crippen LogP contribution in [0.2, 0.25) is 0 Å². The Labute approximate surface area is 122 Å². The number of rotatable bonds is 4. The number of hydrogen-bond acceptors (Lipinski definition) is 4. The topological polar surface area (TPSA) is 37.8 Å². The fraction of sp³-hybridized carbons (Fsp3) is 0.125. The monoisotopic (exact) mass is 281 g/mol. The standard InChI is InChI=1S/C16H15N3S/c1-2-12-6-8-13(9-7-12)18-16-19-15(11-20-16)14-5-3-4-10-17-14/h3-11H,2H2,1H3,(H,18,19). The molecule has 0 aliphatic carbocycles. The van der Waals surface area contributed by atoms with Gasteiger partial charge in [-0.1, -0.05) is 25.1 Å². The zero-order chi connectivity index (χ0) is 13.8. The van der Waals surface area contributed by atoms with E-state index in [1.807, 2.05) is 23.6 Å². The van der Waals surface area contributed by atoms with Crippen LogP contribution in [0.1, 0.15) is 12.5 Å². The van der Waals surface area contributed by atoms with Crippen LogP contribution in [-0.4, -0.2) is 9.97 Å². The summed E-state index contributed by atoms with van der Waals surface area (Å²) in [6.45, 7) is 2.16. The van der Waals surface area contributed by atoms with Crippen LogP contribution in [0, 0.1) is 0 Å². The van der Waals surface area contributed by atoms with Crippen LogP contribution in [0.15, 0.2) is 54.0 Å². The predicted octanol–water partition coefficient (Wildman–Crippen LogP) is 4.51. The van der Waals surface area contributed by atoms with Crippen LogP contribution in [0.3, 0.4) is 0 Å². The van der Waals surface area contributed by atoms with Crippen molar-refractivity contribution in [2.45, 2.75) is 13.3 Å². The number of anilines is 2. The molecule has 0 spiro atoms. The Morgan fingerprint density at radius 3 is 2.60 bits per heavy atom. The van der Waals surface area contributed by atoms with Gasteiger partial charge in [-0.25, -0.2) is 4.98 Å². The van der Waals surface area contributed by atoms with E-state index in [-0.39, 0.29) is 0 Å². The summed E-state index contributed by atoms with van der Waals surface area (Å²) in [6, 6.07) is 14.3. The molecular weight excluding hydrogens is 266 g/mol. The molecule has 4 heteroatoms. The van der Waals surface area contributed by atoms with Gasteiger partial charge in [0.05, 0.1) is 5.69 Å². The molecule has 20 heavy (non-hydrogen) atoms. The maximum Gasteiger partial charge on any atom is 0.187 e. The maximum absolute atomic E-state index is 4.56. The van der Waals surface area contributed by atoms with Gasteiger partial charge >= 0.3 is 0 Å². The number of aromatic nitrogens is 2. The van der Waals surface area contributed by atoms with E-state index in [4.69, 9.17) is 0 Å². The lowest BCUT2D eigenvalue weighted by molar-refractivity contribution is 1.14. The zero-order valence-corrected chi connectivity index (χ0v) is 12.0. The zero-order valence-electron chi connectivity index (χ0n) is 11.2. The predicted molar refractivity (Wildman–Crippen MR) is 84.4 cm³/mol. The van der Waals surface area contributed by atoms with E-state index in [0.717, 1.165) is 28.6 Å². The highest BCUT2D eigenvalue weighted by Crippen LogP contribution is 2.26. The number of nitrogens with zero attached hydrogens (tertiary/aromatic N) is 2. The quantitative estimate of drug-likeness (QED) is 0.764. The second-order valence-corrected chi connectivity index (χ2v) is 5.29. The van der Waals surface area contributed by atoms with Gasteiger partial charge in [-0.2, -0.15) is 0 Å². The molecule has 0 atom stereocenters. The lowest BCUT2D eigenvalue weighted by Crippen LogP contribution is -1.90. The molecule has 0 saturated heterocycles. The van der Waals surface area contributed by atoms with E-state index >= 15 is 0 Å². The molecule has 2 aromatic heterocycles. The molecule has 1 N–H and O–H groups in total. The summed E-state index contributed by atoms with van der Waals surface area (Å²) in [5, 5.41) is 6.23. The summed E-state index contributed by atoms with van der Waals surface area (Å²) in [4.78, 5) is 8.87. The fourth-order valence-corrected chi connectivity index (χ4v) is 2.63. The average molecular weight is 281 g/mol. The van der Waals surface area contributed by atoms with E-state index in [0.29, 0.717) is 0 Å². The highest BCUT2D eigenvalue weighted by atomic mass is 32.1. The summed E-state index contributed by atoms with van der Waals surface area (Å²) in [6.07, 6.45) is 2.84. The minimum atomic E-state index is 0.884. The number of benzene rings is 1. The lowest BCUT2D eigenvalue weighted by atomic mass is 10.1. The van der Waals surface area contributed by atoms with Crippen molar-refractivity contribution in [1.29, 1.82) is 0 Å². The Kier molecular flexibility index (Phi) is 3.74. The third-order valence-electron chi connectivity index (χ3n) is 3.04. The van der Waals surface area contributed by atoms with Crippen LogP contribution >= 0.6 is 11.3 Å². The van der Waals surface area contributed by atoms with Gasteiger partial charge in [-0.15, -0.1) is 11.3 Å². The summed E-state index contributed by atoms with van der Waals surface area (Å²) in [5.74, 6) is 0. The molecular formula is C16H15N3S.